The van der Waals surface area contributed by atoms with E-state index < -0.39 is 0 Å². The molecule has 1 aliphatic heterocycles. The van der Waals surface area contributed by atoms with Crippen molar-refractivity contribution in [2.45, 2.75) is 51.3 Å². The number of fused-ring (bicyclic) bond motifs is 1. The molecule has 0 bridgehead atoms. The SMILES string of the molecule is Cc1cnn([C@H]2C[C@H]3CN(Cc4cccc(F)c4)C[C@H]3C[C@@H]2OCC2CC2)c1. The van der Waals surface area contributed by atoms with E-state index in [4.69, 9.17) is 4.74 Å². The number of hydrogen-bond acceptors (Lipinski definition) is 3. The fourth-order valence-electron chi connectivity index (χ4n) is 5.13. The molecule has 1 aromatic heterocycles. The van der Waals surface area contributed by atoms with Gasteiger partial charge in [-0.15, -0.1) is 0 Å². The van der Waals surface area contributed by atoms with Gasteiger partial charge in [-0.1, -0.05) is 12.1 Å². The van der Waals surface area contributed by atoms with Crippen molar-refractivity contribution in [1.82, 2.24) is 14.7 Å². The Labute approximate surface area is 166 Å². The van der Waals surface area contributed by atoms with Gasteiger partial charge in [0, 0.05) is 32.4 Å². The molecule has 2 heterocycles. The maximum absolute atomic E-state index is 13.5. The summed E-state index contributed by atoms with van der Waals surface area (Å²) >= 11 is 0. The molecule has 3 fully saturated rings. The summed E-state index contributed by atoms with van der Waals surface area (Å²) in [7, 11) is 0. The van der Waals surface area contributed by atoms with Crippen LogP contribution in [0.1, 0.15) is 42.9 Å². The minimum absolute atomic E-state index is 0.142. The molecule has 0 spiro atoms. The van der Waals surface area contributed by atoms with E-state index in [0.717, 1.165) is 50.6 Å². The topological polar surface area (TPSA) is 30.3 Å². The van der Waals surface area contributed by atoms with E-state index in [9.17, 15) is 4.39 Å². The molecule has 0 unspecified atom stereocenters. The molecule has 150 valence electrons. The summed E-state index contributed by atoms with van der Waals surface area (Å²) in [6, 6.07) is 7.36. The van der Waals surface area contributed by atoms with Gasteiger partial charge in [-0.05, 0) is 73.6 Å². The first kappa shape index (κ1) is 18.3. The van der Waals surface area contributed by atoms with Gasteiger partial charge in [-0.2, -0.15) is 5.10 Å². The molecule has 2 aliphatic carbocycles. The first-order valence-corrected chi connectivity index (χ1v) is 10.7. The van der Waals surface area contributed by atoms with E-state index in [2.05, 4.69) is 27.8 Å². The molecule has 1 aromatic carbocycles. The zero-order valence-corrected chi connectivity index (χ0v) is 16.6. The summed E-state index contributed by atoms with van der Waals surface area (Å²) in [5.74, 6) is 1.98. The summed E-state index contributed by atoms with van der Waals surface area (Å²) < 4.78 is 22.1. The van der Waals surface area contributed by atoms with Gasteiger partial charge in [-0.25, -0.2) is 4.39 Å². The van der Waals surface area contributed by atoms with Gasteiger partial charge in [0.05, 0.1) is 18.3 Å². The van der Waals surface area contributed by atoms with Crippen molar-refractivity contribution in [3.63, 3.8) is 0 Å². The number of ether oxygens (including phenoxy) is 1. The molecule has 0 radical (unpaired) electrons. The smallest absolute Gasteiger partial charge is 0.123 e. The van der Waals surface area contributed by atoms with E-state index >= 15 is 0 Å². The van der Waals surface area contributed by atoms with E-state index in [1.807, 2.05) is 18.3 Å². The first-order valence-electron chi connectivity index (χ1n) is 10.7. The molecule has 0 amide bonds. The van der Waals surface area contributed by atoms with Crippen LogP contribution in [0, 0.1) is 30.5 Å². The fraction of sp³-hybridized carbons (Fsp3) is 0.609. The summed E-state index contributed by atoms with van der Waals surface area (Å²) in [6.07, 6.45) is 9.27. The number of hydrogen-bond donors (Lipinski definition) is 0. The largest absolute Gasteiger partial charge is 0.376 e. The first-order chi connectivity index (χ1) is 13.6. The van der Waals surface area contributed by atoms with Crippen LogP contribution in [-0.4, -0.2) is 40.5 Å². The Morgan fingerprint density at radius 1 is 1.18 bits per heavy atom. The van der Waals surface area contributed by atoms with Crippen LogP contribution in [0.2, 0.25) is 0 Å². The Kier molecular flexibility index (Phi) is 4.97. The molecule has 3 aliphatic rings. The standard InChI is InChI=1S/C23H30FN3O/c1-16-10-25-27(11-16)22-8-19-13-26(12-18-3-2-4-21(24)7-18)14-20(19)9-23(22)28-15-17-5-6-17/h2-4,7,10-11,17,19-20,22-23H,5-6,8-9,12-15H2,1H3/t19-,20+,22-,23-/m0/s1. The van der Waals surface area contributed by atoms with E-state index in [1.165, 1.54) is 24.5 Å². The Morgan fingerprint density at radius 2 is 2.00 bits per heavy atom. The zero-order valence-electron chi connectivity index (χ0n) is 16.6. The predicted molar refractivity (Wildman–Crippen MR) is 106 cm³/mol. The Balaban J connectivity index is 1.28. The van der Waals surface area contributed by atoms with Gasteiger partial charge in [0.25, 0.3) is 0 Å². The average Bonchev–Trinajstić information content (AvgIpc) is 3.27. The van der Waals surface area contributed by atoms with Gasteiger partial charge in [0.15, 0.2) is 0 Å². The van der Waals surface area contributed by atoms with Crippen LogP contribution in [0.25, 0.3) is 0 Å². The van der Waals surface area contributed by atoms with Gasteiger partial charge in [0.2, 0.25) is 0 Å². The van der Waals surface area contributed by atoms with Gasteiger partial charge in [0.1, 0.15) is 5.82 Å². The lowest BCUT2D eigenvalue weighted by Gasteiger charge is -2.38. The van der Waals surface area contributed by atoms with Crippen molar-refractivity contribution in [3.05, 3.63) is 53.6 Å². The van der Waals surface area contributed by atoms with Crippen LogP contribution in [0.4, 0.5) is 4.39 Å². The molecule has 28 heavy (non-hydrogen) atoms. The highest BCUT2D eigenvalue weighted by Gasteiger charge is 2.44. The van der Waals surface area contributed by atoms with Gasteiger partial charge < -0.3 is 4.74 Å². The third-order valence-electron chi connectivity index (χ3n) is 6.77. The molecule has 1 saturated heterocycles. The number of halogens is 1. The van der Waals surface area contributed by atoms with Crippen molar-refractivity contribution in [2.24, 2.45) is 17.8 Å². The molecule has 0 N–H and O–H groups in total. The molecule has 5 rings (SSSR count). The van der Waals surface area contributed by atoms with Crippen LogP contribution in [0.5, 0.6) is 0 Å². The highest BCUT2D eigenvalue weighted by molar-refractivity contribution is 5.16. The van der Waals surface area contributed by atoms with Crippen molar-refractivity contribution in [2.75, 3.05) is 19.7 Å². The number of nitrogens with zero attached hydrogens (tertiary/aromatic N) is 3. The summed E-state index contributed by atoms with van der Waals surface area (Å²) in [5.41, 5.74) is 2.28. The molecular weight excluding hydrogens is 353 g/mol. The van der Waals surface area contributed by atoms with E-state index in [1.54, 1.807) is 6.07 Å². The number of benzene rings is 1. The van der Waals surface area contributed by atoms with Crippen LogP contribution in [0.3, 0.4) is 0 Å². The normalized spacial score (nSPS) is 30.5. The Morgan fingerprint density at radius 3 is 2.71 bits per heavy atom. The monoisotopic (exact) mass is 383 g/mol. The van der Waals surface area contributed by atoms with Crippen LogP contribution < -0.4 is 0 Å². The maximum atomic E-state index is 13.5. The van der Waals surface area contributed by atoms with E-state index in [0.29, 0.717) is 17.9 Å². The number of likely N-dealkylation sites (tertiary alicyclic amines) is 1. The predicted octanol–water partition coefficient (Wildman–Crippen LogP) is 4.21. The van der Waals surface area contributed by atoms with Crippen molar-refractivity contribution in [3.8, 4) is 0 Å². The molecule has 4 nitrogen and oxygen atoms in total. The fourth-order valence-corrected chi connectivity index (χ4v) is 5.13. The number of aryl methyl sites for hydroxylation is 1. The van der Waals surface area contributed by atoms with Crippen molar-refractivity contribution < 1.29 is 9.13 Å². The lowest BCUT2D eigenvalue weighted by atomic mass is 9.77. The van der Waals surface area contributed by atoms with Crippen LogP contribution in [-0.2, 0) is 11.3 Å². The summed E-state index contributed by atoms with van der Waals surface area (Å²) in [5, 5.41) is 4.62. The highest BCUT2D eigenvalue weighted by atomic mass is 19.1. The number of rotatable bonds is 6. The van der Waals surface area contributed by atoms with E-state index in [-0.39, 0.29) is 11.9 Å². The highest BCUT2D eigenvalue weighted by Crippen LogP contribution is 2.43. The van der Waals surface area contributed by atoms with Gasteiger partial charge in [-0.3, -0.25) is 9.58 Å². The molecule has 5 heteroatoms. The third-order valence-corrected chi connectivity index (χ3v) is 6.77. The van der Waals surface area contributed by atoms with Gasteiger partial charge >= 0.3 is 0 Å². The lowest BCUT2D eigenvalue weighted by molar-refractivity contribution is -0.0371. The maximum Gasteiger partial charge on any atom is 0.123 e. The molecule has 4 atom stereocenters. The molecule has 2 aromatic rings. The minimum Gasteiger partial charge on any atom is -0.376 e. The number of aromatic nitrogens is 2. The second-order valence-electron chi connectivity index (χ2n) is 9.20. The Bertz CT molecular complexity index is 818. The zero-order chi connectivity index (χ0) is 19.1. The van der Waals surface area contributed by atoms with Crippen molar-refractivity contribution >= 4 is 0 Å². The third kappa shape index (κ3) is 4.01. The Hall–Kier alpha value is -1.72. The van der Waals surface area contributed by atoms with Crippen molar-refractivity contribution in [1.29, 1.82) is 0 Å². The van der Waals surface area contributed by atoms with Crippen LogP contribution in [0.15, 0.2) is 36.7 Å². The second kappa shape index (κ2) is 7.60. The second-order valence-corrected chi connectivity index (χ2v) is 9.20. The minimum atomic E-state index is -0.142. The quantitative estimate of drug-likeness (QED) is 0.749. The summed E-state index contributed by atoms with van der Waals surface area (Å²) in [4.78, 5) is 2.50. The summed E-state index contributed by atoms with van der Waals surface area (Å²) in [6.45, 7) is 6.03. The molecule has 2 saturated carbocycles. The lowest BCUT2D eigenvalue weighted by Crippen LogP contribution is -2.38. The molecular formula is C23H30FN3O. The average molecular weight is 384 g/mol. The van der Waals surface area contributed by atoms with Crippen LogP contribution >= 0.6 is 0 Å².